The Hall–Kier alpha value is -1.58. The van der Waals surface area contributed by atoms with E-state index < -0.39 is 11.6 Å². The van der Waals surface area contributed by atoms with Crippen molar-refractivity contribution in [1.82, 2.24) is 0 Å². The van der Waals surface area contributed by atoms with Gasteiger partial charge in [-0.2, -0.15) is 8.78 Å². The minimum Gasteiger partial charge on any atom is -0.491 e. The van der Waals surface area contributed by atoms with Crippen LogP contribution < -0.4 is 9.47 Å². The fourth-order valence-electron chi connectivity index (χ4n) is 6.87. The summed E-state index contributed by atoms with van der Waals surface area (Å²) in [6.45, 7) is 4.82. The van der Waals surface area contributed by atoms with Crippen molar-refractivity contribution in [3.8, 4) is 11.5 Å². The normalized spacial score (nSPS) is 31.9. The highest BCUT2D eigenvalue weighted by Gasteiger charge is 2.33. The second-order valence-electron chi connectivity index (χ2n) is 11.1. The van der Waals surface area contributed by atoms with E-state index >= 15 is 0 Å². The Labute approximate surface area is 205 Å². The van der Waals surface area contributed by atoms with Crippen molar-refractivity contribution in [3.63, 3.8) is 0 Å². The molecule has 34 heavy (non-hydrogen) atoms. The Balaban J connectivity index is 1.17. The van der Waals surface area contributed by atoms with E-state index in [1.165, 1.54) is 76.3 Å². The average molecular weight is 475 g/mol. The molecule has 0 bridgehead atoms. The number of hydrogen-bond donors (Lipinski definition) is 0. The molecule has 2 fully saturated rings. The molecular weight excluding hydrogens is 430 g/mol. The highest BCUT2D eigenvalue weighted by molar-refractivity contribution is 5.35. The van der Waals surface area contributed by atoms with E-state index in [4.69, 9.17) is 9.47 Å². The van der Waals surface area contributed by atoms with Crippen LogP contribution in [0, 0.1) is 47.1 Å². The van der Waals surface area contributed by atoms with Crippen molar-refractivity contribution >= 4 is 0 Å². The number of allylic oxidation sites excluding steroid dienone is 2. The maximum Gasteiger partial charge on any atom is 0.204 e. The minimum atomic E-state index is -0.955. The molecule has 4 rings (SSSR count). The van der Waals surface area contributed by atoms with Gasteiger partial charge in [-0.25, -0.2) is 0 Å². The topological polar surface area (TPSA) is 18.5 Å². The molecule has 3 aliphatic rings. The van der Waals surface area contributed by atoms with Gasteiger partial charge in [0.25, 0.3) is 0 Å². The van der Waals surface area contributed by atoms with Crippen LogP contribution >= 0.6 is 0 Å². The smallest absolute Gasteiger partial charge is 0.204 e. The molecule has 1 aromatic carbocycles. The lowest BCUT2D eigenvalue weighted by Crippen LogP contribution is -2.29. The van der Waals surface area contributed by atoms with Gasteiger partial charge in [-0.3, -0.25) is 0 Å². The molecule has 4 heteroatoms. The predicted octanol–water partition coefficient (Wildman–Crippen LogP) is 8.74. The van der Waals surface area contributed by atoms with Crippen LogP contribution in [0.5, 0.6) is 11.5 Å². The summed E-state index contributed by atoms with van der Waals surface area (Å²) in [4.78, 5) is 0. The molecule has 2 unspecified atom stereocenters. The Kier molecular flexibility index (Phi) is 9.31. The molecule has 0 saturated heterocycles. The Bertz CT molecular complexity index is 791. The Morgan fingerprint density at radius 3 is 1.85 bits per heavy atom. The quantitative estimate of drug-likeness (QED) is 0.333. The molecule has 0 spiro atoms. The van der Waals surface area contributed by atoms with Crippen molar-refractivity contribution in [2.75, 3.05) is 13.2 Å². The van der Waals surface area contributed by atoms with E-state index in [9.17, 15) is 8.78 Å². The van der Waals surface area contributed by atoms with Crippen LogP contribution in [-0.2, 0) is 0 Å². The molecule has 3 aliphatic carbocycles. The van der Waals surface area contributed by atoms with E-state index in [0.29, 0.717) is 19.1 Å². The summed E-state index contributed by atoms with van der Waals surface area (Å²) >= 11 is 0. The summed E-state index contributed by atoms with van der Waals surface area (Å²) < 4.78 is 39.2. The van der Waals surface area contributed by atoms with Gasteiger partial charge in [-0.05, 0) is 125 Å². The summed E-state index contributed by atoms with van der Waals surface area (Å²) in [6.07, 6.45) is 20.9. The lowest BCUT2D eigenvalue weighted by molar-refractivity contribution is 0.112. The molecule has 0 aliphatic heterocycles. The van der Waals surface area contributed by atoms with Crippen LogP contribution in [0.15, 0.2) is 24.3 Å². The molecular formula is C30H44F2O2. The van der Waals surface area contributed by atoms with Crippen molar-refractivity contribution in [1.29, 1.82) is 0 Å². The first kappa shape index (κ1) is 25.5. The first-order valence-corrected chi connectivity index (χ1v) is 14.0. The first-order chi connectivity index (χ1) is 16.6. The third kappa shape index (κ3) is 6.34. The second-order valence-corrected chi connectivity index (χ2v) is 11.1. The average Bonchev–Trinajstić information content (AvgIpc) is 2.88. The SMILES string of the molecule is CCCC1C=CC(C2CCC(C3CCC(COc4ccc(OCC)c(F)c4F)CC3)CC2)CC1. The van der Waals surface area contributed by atoms with Crippen LogP contribution in [0.2, 0.25) is 0 Å². The van der Waals surface area contributed by atoms with Gasteiger partial charge in [0.15, 0.2) is 11.5 Å². The van der Waals surface area contributed by atoms with E-state index in [1.807, 2.05) is 0 Å². The van der Waals surface area contributed by atoms with E-state index in [2.05, 4.69) is 19.1 Å². The number of benzene rings is 1. The summed E-state index contributed by atoms with van der Waals surface area (Å²) in [6, 6.07) is 2.94. The van der Waals surface area contributed by atoms with Gasteiger partial charge in [-0.15, -0.1) is 0 Å². The van der Waals surface area contributed by atoms with Gasteiger partial charge in [0.1, 0.15) is 0 Å². The Morgan fingerprint density at radius 2 is 1.29 bits per heavy atom. The largest absolute Gasteiger partial charge is 0.491 e. The molecule has 0 amide bonds. The van der Waals surface area contributed by atoms with Crippen LogP contribution in [0.1, 0.15) is 90.9 Å². The summed E-state index contributed by atoms with van der Waals surface area (Å²) in [5.74, 6) is 2.78. The summed E-state index contributed by atoms with van der Waals surface area (Å²) in [5, 5.41) is 0. The number of halogens is 2. The van der Waals surface area contributed by atoms with Gasteiger partial charge < -0.3 is 9.47 Å². The summed E-state index contributed by atoms with van der Waals surface area (Å²) in [7, 11) is 0. The standard InChI is InChI=1S/C30H44F2O2/c1-3-5-21-6-10-23(11-7-21)25-14-16-26(17-15-25)24-12-8-22(9-13-24)20-34-28-19-18-27(33-4-2)29(31)30(28)32/h6,10,18-19,21-26H,3-5,7-9,11-17,20H2,1-2H3. The van der Waals surface area contributed by atoms with Gasteiger partial charge in [0.2, 0.25) is 11.6 Å². The van der Waals surface area contributed by atoms with Gasteiger partial charge in [0, 0.05) is 0 Å². The van der Waals surface area contributed by atoms with Crippen LogP contribution in [0.4, 0.5) is 8.78 Å². The lowest BCUT2D eigenvalue weighted by Gasteiger charge is -2.40. The number of rotatable bonds is 9. The molecule has 0 radical (unpaired) electrons. The van der Waals surface area contributed by atoms with E-state index in [1.54, 1.807) is 6.92 Å². The molecule has 1 aromatic rings. The maximum absolute atomic E-state index is 14.3. The van der Waals surface area contributed by atoms with Crippen molar-refractivity contribution < 1.29 is 18.3 Å². The summed E-state index contributed by atoms with van der Waals surface area (Å²) in [5.41, 5.74) is 0. The van der Waals surface area contributed by atoms with Gasteiger partial charge >= 0.3 is 0 Å². The monoisotopic (exact) mass is 474 g/mol. The van der Waals surface area contributed by atoms with Crippen molar-refractivity contribution in [2.45, 2.75) is 90.9 Å². The zero-order chi connectivity index (χ0) is 23.9. The first-order valence-electron chi connectivity index (χ1n) is 14.0. The van der Waals surface area contributed by atoms with Crippen LogP contribution in [0.3, 0.4) is 0 Å². The minimum absolute atomic E-state index is 0.000763. The second kappa shape index (κ2) is 12.4. The van der Waals surface area contributed by atoms with Gasteiger partial charge in [-0.1, -0.05) is 25.5 Å². The molecule has 0 heterocycles. The zero-order valence-corrected chi connectivity index (χ0v) is 21.2. The van der Waals surface area contributed by atoms with E-state index in [0.717, 1.165) is 42.4 Å². The van der Waals surface area contributed by atoms with Crippen molar-refractivity contribution in [2.24, 2.45) is 35.5 Å². The lowest BCUT2D eigenvalue weighted by atomic mass is 9.66. The highest BCUT2D eigenvalue weighted by Crippen LogP contribution is 2.45. The highest BCUT2D eigenvalue weighted by atomic mass is 19.2. The third-order valence-corrected chi connectivity index (χ3v) is 8.93. The molecule has 2 atom stereocenters. The third-order valence-electron chi connectivity index (χ3n) is 8.93. The molecule has 2 nitrogen and oxygen atoms in total. The van der Waals surface area contributed by atoms with Crippen LogP contribution in [0.25, 0.3) is 0 Å². The molecule has 0 N–H and O–H groups in total. The predicted molar refractivity (Wildman–Crippen MR) is 134 cm³/mol. The molecule has 0 aromatic heterocycles. The molecule has 2 saturated carbocycles. The maximum atomic E-state index is 14.3. The number of hydrogen-bond acceptors (Lipinski definition) is 2. The Morgan fingerprint density at radius 1 is 0.706 bits per heavy atom. The number of ether oxygens (including phenoxy) is 2. The van der Waals surface area contributed by atoms with Crippen molar-refractivity contribution in [3.05, 3.63) is 35.9 Å². The van der Waals surface area contributed by atoms with Gasteiger partial charge in [0.05, 0.1) is 13.2 Å². The van der Waals surface area contributed by atoms with Crippen LogP contribution in [-0.4, -0.2) is 13.2 Å². The fraction of sp³-hybridized carbons (Fsp3) is 0.733. The van der Waals surface area contributed by atoms with E-state index in [-0.39, 0.29) is 11.5 Å². The molecule has 190 valence electrons. The fourth-order valence-corrected chi connectivity index (χ4v) is 6.87. The zero-order valence-electron chi connectivity index (χ0n) is 21.2.